The Labute approximate surface area is 190 Å². The quantitative estimate of drug-likeness (QED) is 0.568. The summed E-state index contributed by atoms with van der Waals surface area (Å²) in [5.41, 5.74) is 0.767. The summed E-state index contributed by atoms with van der Waals surface area (Å²) in [7, 11) is 0. The lowest BCUT2D eigenvalue weighted by molar-refractivity contribution is -0.125. The van der Waals surface area contributed by atoms with Crippen molar-refractivity contribution in [3.8, 4) is 0 Å². The van der Waals surface area contributed by atoms with Crippen LogP contribution in [0, 0.1) is 11.7 Å². The Balaban J connectivity index is 1.41. The predicted molar refractivity (Wildman–Crippen MR) is 121 cm³/mol. The molecule has 0 spiro atoms. The van der Waals surface area contributed by atoms with Gasteiger partial charge in [0.25, 0.3) is 0 Å². The number of piperidine rings is 1. The third kappa shape index (κ3) is 5.54. The molecule has 1 aliphatic rings. The SMILES string of the molecule is O=C(NCc1ccc(F)c(Cl)c1)C1CCCN(c2nccnc2Sc2ccccc2)C1. The van der Waals surface area contributed by atoms with Crippen LogP contribution in [-0.2, 0) is 11.3 Å². The van der Waals surface area contributed by atoms with Crippen molar-refractivity contribution < 1.29 is 9.18 Å². The van der Waals surface area contributed by atoms with Crippen LogP contribution in [0.25, 0.3) is 0 Å². The molecule has 1 aromatic heterocycles. The predicted octanol–water partition coefficient (Wildman–Crippen LogP) is 4.95. The highest BCUT2D eigenvalue weighted by Gasteiger charge is 2.28. The normalized spacial score (nSPS) is 16.2. The van der Waals surface area contributed by atoms with Gasteiger partial charge in [-0.05, 0) is 42.7 Å². The Kier molecular flexibility index (Phi) is 7.04. The topological polar surface area (TPSA) is 58.1 Å². The van der Waals surface area contributed by atoms with Gasteiger partial charge in [-0.3, -0.25) is 4.79 Å². The van der Waals surface area contributed by atoms with Crippen molar-refractivity contribution >= 4 is 35.1 Å². The highest BCUT2D eigenvalue weighted by molar-refractivity contribution is 7.99. The minimum Gasteiger partial charge on any atom is -0.354 e. The van der Waals surface area contributed by atoms with Gasteiger partial charge in [-0.15, -0.1) is 0 Å². The van der Waals surface area contributed by atoms with Crippen LogP contribution in [-0.4, -0.2) is 29.0 Å². The van der Waals surface area contributed by atoms with Gasteiger partial charge in [0, 0.05) is 36.9 Å². The average Bonchev–Trinajstić information content (AvgIpc) is 2.81. The van der Waals surface area contributed by atoms with Crippen LogP contribution in [0.5, 0.6) is 0 Å². The van der Waals surface area contributed by atoms with Gasteiger partial charge in [0.15, 0.2) is 5.82 Å². The number of carbonyl (C=O) groups excluding carboxylic acids is 1. The first kappa shape index (κ1) is 21.6. The zero-order valence-electron chi connectivity index (χ0n) is 16.8. The van der Waals surface area contributed by atoms with Crippen LogP contribution in [0.3, 0.4) is 0 Å². The summed E-state index contributed by atoms with van der Waals surface area (Å²) in [6.45, 7) is 1.73. The van der Waals surface area contributed by atoms with E-state index < -0.39 is 5.82 Å². The Hall–Kier alpha value is -2.64. The third-order valence-electron chi connectivity index (χ3n) is 5.15. The molecule has 1 saturated heterocycles. The Morgan fingerprint density at radius 1 is 1.19 bits per heavy atom. The maximum atomic E-state index is 13.3. The average molecular weight is 457 g/mol. The lowest BCUT2D eigenvalue weighted by Gasteiger charge is -2.33. The number of aromatic nitrogens is 2. The van der Waals surface area contributed by atoms with E-state index in [1.165, 1.54) is 12.1 Å². The molecule has 0 radical (unpaired) electrons. The summed E-state index contributed by atoms with van der Waals surface area (Å²) < 4.78 is 13.3. The largest absolute Gasteiger partial charge is 0.354 e. The fraction of sp³-hybridized carbons (Fsp3) is 0.261. The molecule has 2 heterocycles. The molecule has 0 aliphatic carbocycles. The lowest BCUT2D eigenvalue weighted by Crippen LogP contribution is -2.43. The van der Waals surface area contributed by atoms with E-state index in [2.05, 4.69) is 20.2 Å². The molecule has 1 atom stereocenters. The molecule has 1 N–H and O–H groups in total. The van der Waals surface area contributed by atoms with Gasteiger partial charge in [0.05, 0.1) is 10.9 Å². The third-order valence-corrected chi connectivity index (χ3v) is 6.43. The molecule has 1 aliphatic heterocycles. The van der Waals surface area contributed by atoms with Gasteiger partial charge in [-0.1, -0.05) is 47.6 Å². The zero-order chi connectivity index (χ0) is 21.6. The zero-order valence-corrected chi connectivity index (χ0v) is 18.4. The van der Waals surface area contributed by atoms with Crippen molar-refractivity contribution in [1.29, 1.82) is 0 Å². The van der Waals surface area contributed by atoms with Gasteiger partial charge >= 0.3 is 0 Å². The molecule has 1 unspecified atom stereocenters. The summed E-state index contributed by atoms with van der Waals surface area (Å²) >= 11 is 7.40. The van der Waals surface area contributed by atoms with Crippen LogP contribution in [0.15, 0.2) is 70.8 Å². The van der Waals surface area contributed by atoms with E-state index in [-0.39, 0.29) is 16.8 Å². The van der Waals surface area contributed by atoms with E-state index in [4.69, 9.17) is 11.6 Å². The van der Waals surface area contributed by atoms with Gasteiger partial charge in [-0.25, -0.2) is 14.4 Å². The number of anilines is 1. The molecule has 31 heavy (non-hydrogen) atoms. The first-order valence-corrected chi connectivity index (χ1v) is 11.3. The highest BCUT2D eigenvalue weighted by Crippen LogP contribution is 2.33. The first-order chi connectivity index (χ1) is 15.1. The summed E-state index contributed by atoms with van der Waals surface area (Å²) in [6, 6.07) is 14.5. The monoisotopic (exact) mass is 456 g/mol. The molecule has 160 valence electrons. The number of nitrogens with one attached hydrogen (secondary N) is 1. The molecule has 1 fully saturated rings. The van der Waals surface area contributed by atoms with Crippen molar-refractivity contribution in [2.45, 2.75) is 29.3 Å². The fourth-order valence-electron chi connectivity index (χ4n) is 3.57. The minimum atomic E-state index is -0.465. The number of hydrogen-bond donors (Lipinski definition) is 1. The van der Waals surface area contributed by atoms with Crippen LogP contribution in [0.2, 0.25) is 5.02 Å². The molecule has 0 saturated carbocycles. The van der Waals surface area contributed by atoms with E-state index >= 15 is 0 Å². The number of benzene rings is 2. The fourth-order valence-corrected chi connectivity index (χ4v) is 4.68. The number of carbonyl (C=O) groups is 1. The van der Waals surface area contributed by atoms with Gasteiger partial charge in [0.1, 0.15) is 10.8 Å². The molecular formula is C23H22ClFN4OS. The summed E-state index contributed by atoms with van der Waals surface area (Å²) in [6.07, 6.45) is 5.09. The standard InChI is InChI=1S/C23H22ClFN4OS/c24-19-13-16(8-9-20(19)25)14-28-22(30)17-5-4-12-29(15-17)21-23(27-11-10-26-21)31-18-6-2-1-3-7-18/h1-3,6-11,13,17H,4-5,12,14-15H2,(H,28,30). The molecule has 4 rings (SSSR count). The van der Waals surface area contributed by atoms with Crippen molar-refractivity contribution in [3.63, 3.8) is 0 Å². The molecule has 1 amide bonds. The van der Waals surface area contributed by atoms with Gasteiger partial charge < -0.3 is 10.2 Å². The molecule has 2 aromatic carbocycles. The number of amides is 1. The lowest BCUT2D eigenvalue weighted by atomic mass is 9.97. The molecule has 5 nitrogen and oxygen atoms in total. The van der Waals surface area contributed by atoms with Gasteiger partial charge in [-0.2, -0.15) is 0 Å². The Morgan fingerprint density at radius 3 is 2.81 bits per heavy atom. The van der Waals surface area contributed by atoms with Crippen molar-refractivity contribution in [1.82, 2.24) is 15.3 Å². The van der Waals surface area contributed by atoms with E-state index in [1.807, 2.05) is 30.3 Å². The molecule has 0 bridgehead atoms. The number of halogens is 2. The number of hydrogen-bond acceptors (Lipinski definition) is 5. The van der Waals surface area contributed by atoms with Crippen molar-refractivity contribution in [2.24, 2.45) is 5.92 Å². The summed E-state index contributed by atoms with van der Waals surface area (Å²) in [4.78, 5) is 25.1. The second kappa shape index (κ2) is 10.1. The first-order valence-electron chi connectivity index (χ1n) is 10.1. The van der Waals surface area contributed by atoms with Crippen LogP contribution in [0.4, 0.5) is 10.2 Å². The van der Waals surface area contributed by atoms with E-state index in [9.17, 15) is 9.18 Å². The second-order valence-corrected chi connectivity index (χ2v) is 8.82. The van der Waals surface area contributed by atoms with E-state index in [1.54, 1.807) is 30.2 Å². The van der Waals surface area contributed by atoms with Crippen LogP contribution in [0.1, 0.15) is 18.4 Å². The van der Waals surface area contributed by atoms with E-state index in [0.29, 0.717) is 13.1 Å². The highest BCUT2D eigenvalue weighted by atomic mass is 35.5. The Bertz CT molecular complexity index is 1050. The molecule has 3 aromatic rings. The number of rotatable bonds is 6. The van der Waals surface area contributed by atoms with E-state index in [0.717, 1.165) is 40.7 Å². The molecular weight excluding hydrogens is 435 g/mol. The summed E-state index contributed by atoms with van der Waals surface area (Å²) in [5, 5.41) is 3.84. The van der Waals surface area contributed by atoms with Crippen molar-refractivity contribution in [3.05, 3.63) is 77.3 Å². The van der Waals surface area contributed by atoms with Crippen LogP contribution < -0.4 is 10.2 Å². The number of nitrogens with zero attached hydrogens (tertiary/aromatic N) is 3. The smallest absolute Gasteiger partial charge is 0.225 e. The minimum absolute atomic E-state index is 0.0219. The molecule has 8 heteroatoms. The maximum absolute atomic E-state index is 13.3. The van der Waals surface area contributed by atoms with Crippen molar-refractivity contribution in [2.75, 3.05) is 18.0 Å². The maximum Gasteiger partial charge on any atom is 0.225 e. The van der Waals surface area contributed by atoms with Crippen LogP contribution >= 0.6 is 23.4 Å². The Morgan fingerprint density at radius 2 is 2.00 bits per heavy atom. The summed E-state index contributed by atoms with van der Waals surface area (Å²) in [5.74, 6) is 0.166. The van der Waals surface area contributed by atoms with Gasteiger partial charge in [0.2, 0.25) is 5.91 Å². The second-order valence-electron chi connectivity index (χ2n) is 7.35.